The molecule has 0 atom stereocenters. The van der Waals surface area contributed by atoms with Gasteiger partial charge in [-0.15, -0.1) is 0 Å². The molecular weight excluding hydrogens is 228 g/mol. The first-order chi connectivity index (χ1) is 8.63. The van der Waals surface area contributed by atoms with Crippen molar-refractivity contribution < 1.29 is 14.6 Å². The molecular formula is C15H22O3. The molecule has 1 rings (SSSR count). The number of carbonyl (C=O) groups is 1. The van der Waals surface area contributed by atoms with Crippen LogP contribution in [0.4, 0.5) is 0 Å². The number of carbonyl (C=O) groups excluding carboxylic acids is 1. The lowest BCUT2D eigenvalue weighted by Gasteiger charge is -2.12. The second-order valence-electron chi connectivity index (χ2n) is 4.33. The molecule has 3 nitrogen and oxygen atoms in total. The van der Waals surface area contributed by atoms with E-state index >= 15 is 0 Å². The molecule has 1 aromatic rings. The van der Waals surface area contributed by atoms with Gasteiger partial charge in [-0.1, -0.05) is 33.3 Å². The Labute approximate surface area is 109 Å². The second-order valence-corrected chi connectivity index (χ2v) is 4.33. The van der Waals surface area contributed by atoms with Gasteiger partial charge in [-0.2, -0.15) is 0 Å². The summed E-state index contributed by atoms with van der Waals surface area (Å²) in [7, 11) is 0. The van der Waals surface area contributed by atoms with E-state index in [1.165, 1.54) is 0 Å². The maximum absolute atomic E-state index is 11.5. The summed E-state index contributed by atoms with van der Waals surface area (Å²) in [5.74, 6) is 0.116. The Hall–Kier alpha value is -1.51. The fourth-order valence-electron chi connectivity index (χ4n) is 1.96. The normalized spacial score (nSPS) is 10.4. The average Bonchev–Trinajstić information content (AvgIpc) is 2.38. The van der Waals surface area contributed by atoms with Gasteiger partial charge in [0.25, 0.3) is 0 Å². The van der Waals surface area contributed by atoms with Crippen LogP contribution in [0.25, 0.3) is 0 Å². The molecule has 0 amide bonds. The number of aryl methyl sites for hydroxylation is 1. The van der Waals surface area contributed by atoms with E-state index in [-0.39, 0.29) is 17.5 Å². The van der Waals surface area contributed by atoms with Gasteiger partial charge < -0.3 is 9.84 Å². The number of phenols is 1. The molecule has 0 fully saturated rings. The highest BCUT2D eigenvalue weighted by molar-refractivity contribution is 5.73. The highest BCUT2D eigenvalue weighted by atomic mass is 16.5. The van der Waals surface area contributed by atoms with Gasteiger partial charge in [-0.25, -0.2) is 0 Å². The van der Waals surface area contributed by atoms with Crippen LogP contribution in [0.15, 0.2) is 12.1 Å². The van der Waals surface area contributed by atoms with Crippen LogP contribution < -0.4 is 4.74 Å². The topological polar surface area (TPSA) is 46.5 Å². The highest BCUT2D eigenvalue weighted by Gasteiger charge is 2.14. The zero-order chi connectivity index (χ0) is 13.5. The third-order valence-electron chi connectivity index (χ3n) is 3.04. The van der Waals surface area contributed by atoms with Gasteiger partial charge in [-0.05, 0) is 30.9 Å². The molecule has 0 saturated heterocycles. The Bertz CT molecular complexity index is 410. The SMILES string of the molecule is CCCCC(=O)Oc1ccc(CC)c(CC)c1O. The summed E-state index contributed by atoms with van der Waals surface area (Å²) >= 11 is 0. The summed E-state index contributed by atoms with van der Waals surface area (Å²) in [6.45, 7) is 6.05. The van der Waals surface area contributed by atoms with Crippen LogP contribution >= 0.6 is 0 Å². The van der Waals surface area contributed by atoms with Crippen LogP contribution in [-0.2, 0) is 17.6 Å². The van der Waals surface area contributed by atoms with Crippen molar-refractivity contribution in [2.45, 2.75) is 52.9 Å². The number of benzene rings is 1. The van der Waals surface area contributed by atoms with Crippen LogP contribution in [-0.4, -0.2) is 11.1 Å². The van der Waals surface area contributed by atoms with E-state index < -0.39 is 0 Å². The molecule has 0 heterocycles. The zero-order valence-electron chi connectivity index (χ0n) is 11.5. The van der Waals surface area contributed by atoms with E-state index in [9.17, 15) is 9.90 Å². The quantitative estimate of drug-likeness (QED) is 0.619. The summed E-state index contributed by atoms with van der Waals surface area (Å²) < 4.78 is 5.20. The predicted molar refractivity (Wildman–Crippen MR) is 72.0 cm³/mol. The largest absolute Gasteiger partial charge is 0.504 e. The third kappa shape index (κ3) is 3.49. The molecule has 18 heavy (non-hydrogen) atoms. The maximum Gasteiger partial charge on any atom is 0.311 e. The fourth-order valence-corrected chi connectivity index (χ4v) is 1.96. The fraction of sp³-hybridized carbons (Fsp3) is 0.533. The molecule has 1 N–H and O–H groups in total. The van der Waals surface area contributed by atoms with Crippen molar-refractivity contribution in [3.8, 4) is 11.5 Å². The van der Waals surface area contributed by atoms with Crippen molar-refractivity contribution in [3.05, 3.63) is 23.3 Å². The van der Waals surface area contributed by atoms with Gasteiger partial charge in [-0.3, -0.25) is 4.79 Å². The molecule has 0 bridgehead atoms. The van der Waals surface area contributed by atoms with E-state index in [1.807, 2.05) is 26.8 Å². The van der Waals surface area contributed by atoms with Crippen LogP contribution in [0.3, 0.4) is 0 Å². The van der Waals surface area contributed by atoms with E-state index in [4.69, 9.17) is 4.74 Å². The molecule has 0 aliphatic rings. The first-order valence-corrected chi connectivity index (χ1v) is 6.68. The molecule has 0 unspecified atom stereocenters. The van der Waals surface area contributed by atoms with E-state index in [0.29, 0.717) is 6.42 Å². The highest BCUT2D eigenvalue weighted by Crippen LogP contribution is 2.33. The lowest BCUT2D eigenvalue weighted by atomic mass is 10.0. The van der Waals surface area contributed by atoms with E-state index in [0.717, 1.165) is 36.8 Å². The number of hydrogen-bond donors (Lipinski definition) is 1. The van der Waals surface area contributed by atoms with Crippen LogP contribution in [0.2, 0.25) is 0 Å². The maximum atomic E-state index is 11.5. The van der Waals surface area contributed by atoms with E-state index in [2.05, 4.69) is 0 Å². The number of hydrogen-bond acceptors (Lipinski definition) is 3. The molecule has 0 spiro atoms. The summed E-state index contributed by atoms with van der Waals surface area (Å²) in [4.78, 5) is 11.5. The van der Waals surface area contributed by atoms with Crippen molar-refractivity contribution >= 4 is 5.97 Å². The Morgan fingerprint density at radius 1 is 1.22 bits per heavy atom. The summed E-state index contributed by atoms with van der Waals surface area (Å²) in [6, 6.07) is 3.60. The van der Waals surface area contributed by atoms with Crippen LogP contribution in [0.5, 0.6) is 11.5 Å². The first kappa shape index (κ1) is 14.6. The van der Waals surface area contributed by atoms with E-state index in [1.54, 1.807) is 6.07 Å². The number of unbranched alkanes of at least 4 members (excludes halogenated alkanes) is 1. The number of esters is 1. The van der Waals surface area contributed by atoms with Gasteiger partial charge in [0, 0.05) is 12.0 Å². The molecule has 1 aromatic carbocycles. The zero-order valence-corrected chi connectivity index (χ0v) is 11.5. The summed E-state index contributed by atoms with van der Waals surface area (Å²) in [6.07, 6.45) is 3.76. The molecule has 0 radical (unpaired) electrons. The monoisotopic (exact) mass is 250 g/mol. The summed E-state index contributed by atoms with van der Waals surface area (Å²) in [5, 5.41) is 10.1. The number of phenolic OH excluding ortho intramolecular Hbond substituents is 1. The molecule has 0 aromatic heterocycles. The Balaban J connectivity index is 2.87. The minimum atomic E-state index is -0.279. The number of aromatic hydroxyl groups is 1. The van der Waals surface area contributed by atoms with Gasteiger partial charge in [0.05, 0.1) is 0 Å². The van der Waals surface area contributed by atoms with Crippen molar-refractivity contribution in [2.24, 2.45) is 0 Å². The lowest BCUT2D eigenvalue weighted by molar-refractivity contribution is -0.134. The smallest absolute Gasteiger partial charge is 0.311 e. The van der Waals surface area contributed by atoms with Gasteiger partial charge in [0.15, 0.2) is 11.5 Å². The lowest BCUT2D eigenvalue weighted by Crippen LogP contribution is -2.08. The standard InChI is InChI=1S/C15H22O3/c1-4-7-8-14(16)18-13-10-9-11(5-2)12(6-3)15(13)17/h9-10,17H,4-8H2,1-3H3. The number of ether oxygens (including phenoxy) is 1. The average molecular weight is 250 g/mol. The van der Waals surface area contributed by atoms with Crippen LogP contribution in [0, 0.1) is 0 Å². The predicted octanol–water partition coefficient (Wildman–Crippen LogP) is 3.61. The van der Waals surface area contributed by atoms with Crippen molar-refractivity contribution in [2.75, 3.05) is 0 Å². The molecule has 3 heteroatoms. The third-order valence-corrected chi connectivity index (χ3v) is 3.04. The van der Waals surface area contributed by atoms with Crippen molar-refractivity contribution in [3.63, 3.8) is 0 Å². The van der Waals surface area contributed by atoms with Gasteiger partial charge in [0.1, 0.15) is 0 Å². The Morgan fingerprint density at radius 2 is 1.94 bits per heavy atom. The Kier molecular flexibility index (Phi) is 5.69. The molecule has 0 aliphatic carbocycles. The molecule has 0 saturated carbocycles. The first-order valence-electron chi connectivity index (χ1n) is 6.68. The van der Waals surface area contributed by atoms with Crippen molar-refractivity contribution in [1.29, 1.82) is 0 Å². The second kappa shape index (κ2) is 7.04. The van der Waals surface area contributed by atoms with Gasteiger partial charge >= 0.3 is 5.97 Å². The number of rotatable bonds is 6. The molecule has 100 valence electrons. The van der Waals surface area contributed by atoms with Crippen LogP contribution in [0.1, 0.15) is 51.2 Å². The Morgan fingerprint density at radius 3 is 2.50 bits per heavy atom. The van der Waals surface area contributed by atoms with Gasteiger partial charge in [0.2, 0.25) is 0 Å². The van der Waals surface area contributed by atoms with Crippen molar-refractivity contribution in [1.82, 2.24) is 0 Å². The molecule has 0 aliphatic heterocycles. The minimum Gasteiger partial charge on any atom is -0.504 e. The summed E-state index contributed by atoms with van der Waals surface area (Å²) in [5.41, 5.74) is 1.97. The minimum absolute atomic E-state index is 0.113.